The number of likely N-dealkylation sites (tertiary alicyclic amines) is 1. The molecular weight excluding hydrogens is 287 g/mol. The zero-order chi connectivity index (χ0) is 15.6. The summed E-state index contributed by atoms with van der Waals surface area (Å²) in [4.78, 5) is 24.9. The van der Waals surface area contributed by atoms with E-state index in [0.717, 1.165) is 25.7 Å². The van der Waals surface area contributed by atoms with Gasteiger partial charge in [0.05, 0.1) is 12.6 Å². The van der Waals surface area contributed by atoms with Crippen molar-refractivity contribution >= 4 is 11.8 Å². The Morgan fingerprint density at radius 2 is 1.90 bits per heavy atom. The number of carbonyl (C=O) groups is 2. The van der Waals surface area contributed by atoms with Crippen molar-refractivity contribution in [3.05, 3.63) is 0 Å². The van der Waals surface area contributed by atoms with Crippen LogP contribution >= 0.6 is 0 Å². The van der Waals surface area contributed by atoms with Crippen LogP contribution in [0, 0.1) is 5.92 Å². The minimum atomic E-state index is -4.43. The Morgan fingerprint density at radius 3 is 2.52 bits per heavy atom. The zero-order valence-corrected chi connectivity index (χ0v) is 11.7. The molecule has 0 bridgehead atoms. The molecule has 2 rings (SSSR count). The van der Waals surface area contributed by atoms with Crippen molar-refractivity contribution in [2.24, 2.45) is 11.7 Å². The van der Waals surface area contributed by atoms with E-state index in [0.29, 0.717) is 12.3 Å². The van der Waals surface area contributed by atoms with Gasteiger partial charge in [-0.1, -0.05) is 12.8 Å². The molecule has 2 aliphatic rings. The quantitative estimate of drug-likeness (QED) is 0.806. The first-order valence-corrected chi connectivity index (χ1v) is 7.16. The van der Waals surface area contributed by atoms with E-state index in [4.69, 9.17) is 5.73 Å². The maximum Gasteiger partial charge on any atom is 0.405 e. The molecule has 0 aromatic heterocycles. The van der Waals surface area contributed by atoms with Gasteiger partial charge in [0.25, 0.3) is 0 Å². The zero-order valence-electron chi connectivity index (χ0n) is 11.7. The van der Waals surface area contributed by atoms with Crippen LogP contribution in [-0.4, -0.2) is 48.1 Å². The average Bonchev–Trinajstić information content (AvgIpc) is 2.75. The molecule has 1 heterocycles. The molecule has 0 unspecified atom stereocenters. The van der Waals surface area contributed by atoms with Crippen LogP contribution < -0.4 is 11.1 Å². The van der Waals surface area contributed by atoms with Crippen LogP contribution in [0.25, 0.3) is 0 Å². The van der Waals surface area contributed by atoms with Crippen LogP contribution in [0.5, 0.6) is 0 Å². The highest BCUT2D eigenvalue weighted by atomic mass is 19.4. The van der Waals surface area contributed by atoms with E-state index in [2.05, 4.69) is 0 Å². The number of hydrogen-bond donors (Lipinski definition) is 2. The average molecular weight is 307 g/mol. The van der Waals surface area contributed by atoms with Gasteiger partial charge >= 0.3 is 6.18 Å². The van der Waals surface area contributed by atoms with E-state index in [1.54, 1.807) is 4.90 Å². The number of nitrogens with one attached hydrogen (secondary N) is 1. The summed E-state index contributed by atoms with van der Waals surface area (Å²) in [5.74, 6) is -0.913. The number of alkyl halides is 3. The molecule has 0 spiro atoms. The summed E-state index contributed by atoms with van der Waals surface area (Å²) in [5, 5.41) is 1.85. The van der Waals surface area contributed by atoms with Gasteiger partial charge in [0.1, 0.15) is 6.54 Å². The Balaban J connectivity index is 1.97. The highest BCUT2D eigenvalue weighted by Crippen LogP contribution is 2.39. The van der Waals surface area contributed by atoms with Crippen LogP contribution in [0.4, 0.5) is 13.2 Å². The number of rotatable bonds is 4. The lowest BCUT2D eigenvalue weighted by molar-refractivity contribution is -0.140. The van der Waals surface area contributed by atoms with Crippen LogP contribution in [0.2, 0.25) is 0 Å². The number of carbonyl (C=O) groups excluding carboxylic acids is 2. The van der Waals surface area contributed by atoms with E-state index >= 15 is 0 Å². The molecule has 1 saturated heterocycles. The normalized spacial score (nSPS) is 30.0. The molecule has 5 nitrogen and oxygen atoms in total. The summed E-state index contributed by atoms with van der Waals surface area (Å²) in [5.41, 5.74) is 5.37. The van der Waals surface area contributed by atoms with Gasteiger partial charge in [-0.2, -0.15) is 13.2 Å². The van der Waals surface area contributed by atoms with Crippen molar-refractivity contribution in [1.82, 2.24) is 10.2 Å². The van der Waals surface area contributed by atoms with Crippen LogP contribution in [-0.2, 0) is 9.59 Å². The first-order chi connectivity index (χ1) is 9.78. The monoisotopic (exact) mass is 307 g/mol. The van der Waals surface area contributed by atoms with Crippen LogP contribution in [0.1, 0.15) is 32.1 Å². The minimum absolute atomic E-state index is 0.0767. The fraction of sp³-hybridized carbons (Fsp3) is 0.846. The number of amides is 2. The molecule has 120 valence electrons. The minimum Gasteiger partial charge on any atom is -0.368 e. The molecule has 1 aliphatic heterocycles. The van der Waals surface area contributed by atoms with Crippen LogP contribution in [0.3, 0.4) is 0 Å². The van der Waals surface area contributed by atoms with Crippen molar-refractivity contribution in [2.75, 3.05) is 13.1 Å². The van der Waals surface area contributed by atoms with Crippen molar-refractivity contribution in [3.63, 3.8) is 0 Å². The second-order valence-corrected chi connectivity index (χ2v) is 5.83. The van der Waals surface area contributed by atoms with Gasteiger partial charge < -0.3 is 11.1 Å². The summed E-state index contributed by atoms with van der Waals surface area (Å²) in [6, 6.07) is -0.470. The second kappa shape index (κ2) is 6.21. The standard InChI is InChI=1S/C13H20F3N3O2/c14-13(15,16)7-18-11(20)6-19-9-4-2-1-3-8(9)5-10(19)12(17)21/h8-10H,1-7H2,(H2,17,21)(H,18,20)/t8-,9-,10+/m1/s1. The van der Waals surface area contributed by atoms with E-state index in [-0.39, 0.29) is 12.6 Å². The third-order valence-electron chi connectivity index (χ3n) is 4.36. The number of hydrogen-bond acceptors (Lipinski definition) is 3. The van der Waals surface area contributed by atoms with Crippen LogP contribution in [0.15, 0.2) is 0 Å². The lowest BCUT2D eigenvalue weighted by Gasteiger charge is -2.32. The van der Waals surface area contributed by atoms with Gasteiger partial charge in [-0.3, -0.25) is 14.5 Å². The predicted octanol–water partition coefficient (Wildman–Crippen LogP) is 0.783. The lowest BCUT2D eigenvalue weighted by Crippen LogP contribution is -2.50. The van der Waals surface area contributed by atoms with Crippen molar-refractivity contribution in [2.45, 2.75) is 50.4 Å². The second-order valence-electron chi connectivity index (χ2n) is 5.83. The van der Waals surface area contributed by atoms with Gasteiger partial charge in [-0.05, 0) is 25.2 Å². The molecule has 0 aromatic rings. The third kappa shape index (κ3) is 4.09. The number of nitrogens with zero attached hydrogens (tertiary/aromatic N) is 1. The van der Waals surface area contributed by atoms with E-state index in [1.165, 1.54) is 0 Å². The Bertz CT molecular complexity index is 414. The first-order valence-electron chi connectivity index (χ1n) is 7.16. The molecule has 2 fully saturated rings. The number of nitrogens with two attached hydrogens (primary N) is 1. The SMILES string of the molecule is NC(=O)[C@@H]1C[C@H]2CCCC[C@H]2N1CC(=O)NCC(F)(F)F. The van der Waals surface area contributed by atoms with Gasteiger partial charge in [-0.25, -0.2) is 0 Å². The number of fused-ring (bicyclic) bond motifs is 1. The van der Waals surface area contributed by atoms with Gasteiger partial charge in [0.15, 0.2) is 0 Å². The van der Waals surface area contributed by atoms with E-state index < -0.39 is 30.6 Å². The summed E-state index contributed by atoms with van der Waals surface area (Å²) in [6.07, 6.45) is 0.105. The van der Waals surface area contributed by atoms with Gasteiger partial charge in [0.2, 0.25) is 11.8 Å². The Labute approximate surface area is 121 Å². The maximum absolute atomic E-state index is 12.1. The Morgan fingerprint density at radius 1 is 1.24 bits per heavy atom. The Kier molecular flexibility index (Phi) is 4.75. The van der Waals surface area contributed by atoms with E-state index in [9.17, 15) is 22.8 Å². The molecule has 0 aromatic carbocycles. The summed E-state index contributed by atoms with van der Waals surface area (Å²) >= 11 is 0. The van der Waals surface area contributed by atoms with E-state index in [1.807, 2.05) is 5.32 Å². The number of halogens is 3. The van der Waals surface area contributed by atoms with Crippen molar-refractivity contribution in [3.8, 4) is 0 Å². The van der Waals surface area contributed by atoms with Gasteiger partial charge in [-0.15, -0.1) is 0 Å². The molecule has 21 heavy (non-hydrogen) atoms. The lowest BCUT2D eigenvalue weighted by atomic mass is 9.85. The summed E-state index contributed by atoms with van der Waals surface area (Å²) in [7, 11) is 0. The third-order valence-corrected chi connectivity index (χ3v) is 4.36. The molecule has 3 atom stereocenters. The Hall–Kier alpha value is -1.31. The molecule has 2 amide bonds. The topological polar surface area (TPSA) is 75.4 Å². The smallest absolute Gasteiger partial charge is 0.368 e. The molecule has 8 heteroatoms. The highest BCUT2D eigenvalue weighted by molar-refractivity contribution is 5.83. The van der Waals surface area contributed by atoms with Crippen molar-refractivity contribution in [1.29, 1.82) is 0 Å². The summed E-state index contributed by atoms with van der Waals surface area (Å²) in [6.45, 7) is -1.56. The molecule has 1 saturated carbocycles. The fourth-order valence-corrected chi connectivity index (χ4v) is 3.48. The summed E-state index contributed by atoms with van der Waals surface area (Å²) < 4.78 is 36.3. The molecule has 3 N–H and O–H groups in total. The molecule has 1 aliphatic carbocycles. The molecule has 0 radical (unpaired) electrons. The fourth-order valence-electron chi connectivity index (χ4n) is 3.48. The van der Waals surface area contributed by atoms with Gasteiger partial charge in [0, 0.05) is 6.04 Å². The predicted molar refractivity (Wildman–Crippen MR) is 69.1 cm³/mol. The highest BCUT2D eigenvalue weighted by Gasteiger charge is 2.45. The largest absolute Gasteiger partial charge is 0.405 e. The number of primary amides is 1. The first kappa shape index (κ1) is 16.1. The maximum atomic E-state index is 12.1. The molecular formula is C13H20F3N3O2. The van der Waals surface area contributed by atoms with Crippen molar-refractivity contribution < 1.29 is 22.8 Å².